The number of hydrogen-bond donors (Lipinski definition) is 2. The zero-order chi connectivity index (χ0) is 12.6. The molecule has 0 unspecified atom stereocenters. The van der Waals surface area contributed by atoms with Crippen LogP contribution in [0.1, 0.15) is 26.7 Å². The summed E-state index contributed by atoms with van der Waals surface area (Å²) < 4.78 is 0. The number of likely N-dealkylation sites (N-methyl/N-ethyl adjacent to an activating group) is 1. The normalized spacial score (nSPS) is 10.5. The third-order valence-electron chi connectivity index (χ3n) is 2.29. The summed E-state index contributed by atoms with van der Waals surface area (Å²) in [6.07, 6.45) is 0.971. The fourth-order valence-corrected chi connectivity index (χ4v) is 1.39. The summed E-state index contributed by atoms with van der Waals surface area (Å²) in [5.74, 6) is -0.198. The molecule has 0 saturated heterocycles. The number of rotatable bonds is 8. The molecule has 0 bridgehead atoms. The average molecular weight is 229 g/mol. The lowest BCUT2D eigenvalue weighted by atomic mass is 10.1. The maximum absolute atomic E-state index is 11.8. The molecule has 5 nitrogen and oxygen atoms in total. The molecule has 0 aliphatic heterocycles. The second-order valence-corrected chi connectivity index (χ2v) is 4.15. The second-order valence-electron chi connectivity index (χ2n) is 4.15. The lowest BCUT2D eigenvalue weighted by Gasteiger charge is -2.24. The maximum Gasteiger partial charge on any atom is 0.225 e. The highest BCUT2D eigenvalue weighted by atomic mass is 16.2. The van der Waals surface area contributed by atoms with Gasteiger partial charge in [-0.1, -0.05) is 13.8 Å². The number of amides is 2. The van der Waals surface area contributed by atoms with E-state index in [1.165, 1.54) is 0 Å². The van der Waals surface area contributed by atoms with Crippen molar-refractivity contribution in [1.82, 2.24) is 10.2 Å². The van der Waals surface area contributed by atoms with Crippen LogP contribution in [-0.2, 0) is 9.59 Å². The molecule has 0 aromatic heterocycles. The first-order chi connectivity index (χ1) is 7.49. The van der Waals surface area contributed by atoms with Crippen molar-refractivity contribution in [3.05, 3.63) is 0 Å². The fourth-order valence-electron chi connectivity index (χ4n) is 1.39. The van der Waals surface area contributed by atoms with Gasteiger partial charge in [0.25, 0.3) is 0 Å². The molecule has 0 rings (SSSR count). The van der Waals surface area contributed by atoms with Crippen LogP contribution in [-0.4, -0.2) is 43.4 Å². The number of carbonyl (C=O) groups excluding carboxylic acids is 2. The Morgan fingerprint density at radius 3 is 2.38 bits per heavy atom. The Morgan fingerprint density at radius 1 is 1.31 bits per heavy atom. The van der Waals surface area contributed by atoms with E-state index in [0.29, 0.717) is 25.9 Å². The molecule has 3 N–H and O–H groups in total. The third-order valence-corrected chi connectivity index (χ3v) is 2.29. The highest BCUT2D eigenvalue weighted by molar-refractivity contribution is 5.78. The summed E-state index contributed by atoms with van der Waals surface area (Å²) in [4.78, 5) is 24.2. The van der Waals surface area contributed by atoms with E-state index in [9.17, 15) is 9.59 Å². The van der Waals surface area contributed by atoms with Crippen molar-refractivity contribution in [2.75, 3.05) is 26.7 Å². The van der Waals surface area contributed by atoms with Crippen LogP contribution in [0.4, 0.5) is 0 Å². The van der Waals surface area contributed by atoms with E-state index in [4.69, 9.17) is 5.73 Å². The molecule has 0 aromatic rings. The Bertz CT molecular complexity index is 229. The van der Waals surface area contributed by atoms with Gasteiger partial charge in [-0.15, -0.1) is 0 Å². The molecule has 0 atom stereocenters. The molecule has 0 aliphatic carbocycles. The quantitative estimate of drug-likeness (QED) is 0.613. The van der Waals surface area contributed by atoms with Crippen molar-refractivity contribution in [3.63, 3.8) is 0 Å². The van der Waals surface area contributed by atoms with Gasteiger partial charge in [0.05, 0.1) is 0 Å². The van der Waals surface area contributed by atoms with E-state index in [2.05, 4.69) is 5.32 Å². The lowest BCUT2D eigenvalue weighted by molar-refractivity contribution is -0.134. The minimum absolute atomic E-state index is 0.00886. The Morgan fingerprint density at radius 2 is 1.94 bits per heavy atom. The van der Waals surface area contributed by atoms with Gasteiger partial charge in [-0.3, -0.25) is 9.59 Å². The smallest absolute Gasteiger partial charge is 0.225 e. The lowest BCUT2D eigenvalue weighted by Crippen LogP contribution is -2.39. The van der Waals surface area contributed by atoms with Crippen LogP contribution in [0.15, 0.2) is 0 Å². The maximum atomic E-state index is 11.8. The third kappa shape index (κ3) is 6.40. The summed E-state index contributed by atoms with van der Waals surface area (Å²) >= 11 is 0. The van der Waals surface area contributed by atoms with Gasteiger partial charge in [-0.2, -0.15) is 0 Å². The highest BCUT2D eigenvalue weighted by Gasteiger charge is 2.16. The average Bonchev–Trinajstić information content (AvgIpc) is 2.21. The topological polar surface area (TPSA) is 75.4 Å². The summed E-state index contributed by atoms with van der Waals surface area (Å²) in [6.45, 7) is 5.79. The first-order valence-electron chi connectivity index (χ1n) is 5.70. The monoisotopic (exact) mass is 229 g/mol. The van der Waals surface area contributed by atoms with Crippen molar-refractivity contribution in [1.29, 1.82) is 0 Å². The minimum atomic E-state index is -0.314. The molecule has 0 spiro atoms. The van der Waals surface area contributed by atoms with Crippen LogP contribution in [0.3, 0.4) is 0 Å². The summed E-state index contributed by atoms with van der Waals surface area (Å²) in [7, 11) is 1.85. The number of nitrogens with zero attached hydrogens (tertiary/aromatic N) is 1. The standard InChI is InChI=1S/C11H23N3O2/c1-9(2)11(16)14(8-6-13-3)7-4-5-10(12)15/h9,13H,4-8H2,1-3H3,(H2,12,15). The van der Waals surface area contributed by atoms with Gasteiger partial charge >= 0.3 is 0 Å². The van der Waals surface area contributed by atoms with Crippen LogP contribution in [0, 0.1) is 5.92 Å². The SMILES string of the molecule is CNCCN(CCCC(N)=O)C(=O)C(C)C. The van der Waals surface area contributed by atoms with Crippen LogP contribution < -0.4 is 11.1 Å². The van der Waals surface area contributed by atoms with E-state index >= 15 is 0 Å². The first-order valence-corrected chi connectivity index (χ1v) is 5.70. The zero-order valence-electron chi connectivity index (χ0n) is 10.5. The Kier molecular flexibility index (Phi) is 7.54. The van der Waals surface area contributed by atoms with Gasteiger partial charge in [-0.25, -0.2) is 0 Å². The largest absolute Gasteiger partial charge is 0.370 e. The molecule has 0 aliphatic rings. The van der Waals surface area contributed by atoms with Gasteiger partial charge in [0, 0.05) is 32.0 Å². The van der Waals surface area contributed by atoms with Crippen molar-refractivity contribution in [3.8, 4) is 0 Å². The molecule has 0 fully saturated rings. The van der Waals surface area contributed by atoms with Crippen LogP contribution in [0.25, 0.3) is 0 Å². The van der Waals surface area contributed by atoms with Gasteiger partial charge in [-0.05, 0) is 13.5 Å². The van der Waals surface area contributed by atoms with Crippen molar-refractivity contribution in [2.24, 2.45) is 11.7 Å². The van der Waals surface area contributed by atoms with Gasteiger partial charge in [0.15, 0.2) is 0 Å². The van der Waals surface area contributed by atoms with Gasteiger partial charge in [0.1, 0.15) is 0 Å². The Balaban J connectivity index is 4.09. The highest BCUT2D eigenvalue weighted by Crippen LogP contribution is 2.03. The molecular weight excluding hydrogens is 206 g/mol. The minimum Gasteiger partial charge on any atom is -0.370 e. The molecule has 0 saturated carbocycles. The molecule has 2 amide bonds. The second kappa shape index (κ2) is 8.10. The van der Waals surface area contributed by atoms with Crippen LogP contribution in [0.2, 0.25) is 0 Å². The first kappa shape index (κ1) is 14.9. The predicted molar refractivity (Wildman–Crippen MR) is 63.8 cm³/mol. The number of carbonyl (C=O) groups is 2. The summed E-state index contributed by atoms with van der Waals surface area (Å²) in [6, 6.07) is 0. The molecule has 5 heteroatoms. The zero-order valence-corrected chi connectivity index (χ0v) is 10.5. The molecule has 0 heterocycles. The summed E-state index contributed by atoms with van der Waals surface area (Å²) in [5, 5.41) is 3.01. The van der Waals surface area contributed by atoms with Gasteiger partial charge < -0.3 is 16.0 Å². The Labute approximate surface area is 97.4 Å². The molecular formula is C11H23N3O2. The summed E-state index contributed by atoms with van der Waals surface area (Å²) in [5.41, 5.74) is 5.06. The number of nitrogens with one attached hydrogen (secondary N) is 1. The predicted octanol–water partition coefficient (Wildman–Crippen LogP) is -0.0441. The fraction of sp³-hybridized carbons (Fsp3) is 0.818. The molecule has 16 heavy (non-hydrogen) atoms. The van der Waals surface area contributed by atoms with Crippen molar-refractivity contribution >= 4 is 11.8 Å². The van der Waals surface area contributed by atoms with E-state index < -0.39 is 0 Å². The van der Waals surface area contributed by atoms with E-state index in [0.717, 1.165) is 6.54 Å². The molecule has 0 radical (unpaired) electrons. The van der Waals surface area contributed by atoms with E-state index in [1.54, 1.807) is 4.90 Å². The van der Waals surface area contributed by atoms with Crippen molar-refractivity contribution in [2.45, 2.75) is 26.7 Å². The van der Waals surface area contributed by atoms with E-state index in [-0.39, 0.29) is 17.7 Å². The van der Waals surface area contributed by atoms with Gasteiger partial charge in [0.2, 0.25) is 11.8 Å². The van der Waals surface area contributed by atoms with Crippen LogP contribution >= 0.6 is 0 Å². The number of primary amides is 1. The van der Waals surface area contributed by atoms with Crippen molar-refractivity contribution < 1.29 is 9.59 Å². The van der Waals surface area contributed by atoms with E-state index in [1.807, 2.05) is 20.9 Å². The molecule has 94 valence electrons. The number of hydrogen-bond acceptors (Lipinski definition) is 3. The van der Waals surface area contributed by atoms with Crippen LogP contribution in [0.5, 0.6) is 0 Å². The number of nitrogens with two attached hydrogens (primary N) is 1. The molecule has 0 aromatic carbocycles. The Hall–Kier alpha value is -1.10.